The standard InChI is InChI=1S/C14H12N2O/c1-2-12-5-3-4-6-13(12)17-14-9-11(10-15)7-8-16-14/h3-9H,2H2,1H3. The van der Waals surface area contributed by atoms with Crippen molar-refractivity contribution in [3.63, 3.8) is 0 Å². The fourth-order valence-electron chi connectivity index (χ4n) is 1.54. The van der Waals surface area contributed by atoms with Crippen LogP contribution in [0.15, 0.2) is 42.6 Å². The molecule has 0 atom stereocenters. The average Bonchev–Trinajstić information content (AvgIpc) is 2.39. The summed E-state index contributed by atoms with van der Waals surface area (Å²) in [6, 6.07) is 13.2. The van der Waals surface area contributed by atoms with Crippen LogP contribution in [-0.2, 0) is 6.42 Å². The Morgan fingerprint density at radius 3 is 2.88 bits per heavy atom. The van der Waals surface area contributed by atoms with Gasteiger partial charge in [0.15, 0.2) is 0 Å². The maximum atomic E-state index is 8.80. The molecule has 1 aromatic carbocycles. The molecule has 3 heteroatoms. The number of aryl methyl sites for hydroxylation is 1. The van der Waals surface area contributed by atoms with Crippen LogP contribution in [0.4, 0.5) is 0 Å². The van der Waals surface area contributed by atoms with Gasteiger partial charge < -0.3 is 4.74 Å². The van der Waals surface area contributed by atoms with Gasteiger partial charge in [-0.05, 0) is 24.1 Å². The lowest BCUT2D eigenvalue weighted by atomic mass is 10.1. The molecule has 84 valence electrons. The van der Waals surface area contributed by atoms with Gasteiger partial charge in [-0.2, -0.15) is 5.26 Å². The van der Waals surface area contributed by atoms with E-state index >= 15 is 0 Å². The lowest BCUT2D eigenvalue weighted by Gasteiger charge is -2.08. The van der Waals surface area contributed by atoms with Crippen molar-refractivity contribution in [2.75, 3.05) is 0 Å². The maximum Gasteiger partial charge on any atom is 0.220 e. The Balaban J connectivity index is 2.28. The van der Waals surface area contributed by atoms with E-state index in [1.807, 2.05) is 24.3 Å². The van der Waals surface area contributed by atoms with Crippen LogP contribution < -0.4 is 4.74 Å². The summed E-state index contributed by atoms with van der Waals surface area (Å²) < 4.78 is 5.68. The first-order valence-corrected chi connectivity index (χ1v) is 5.45. The predicted molar refractivity (Wildman–Crippen MR) is 64.8 cm³/mol. The summed E-state index contributed by atoms with van der Waals surface area (Å²) >= 11 is 0. The van der Waals surface area contributed by atoms with E-state index in [0.717, 1.165) is 17.7 Å². The van der Waals surface area contributed by atoms with Gasteiger partial charge in [0.2, 0.25) is 5.88 Å². The molecule has 0 saturated carbocycles. The smallest absolute Gasteiger partial charge is 0.220 e. The van der Waals surface area contributed by atoms with E-state index in [0.29, 0.717) is 11.4 Å². The number of ether oxygens (including phenoxy) is 1. The van der Waals surface area contributed by atoms with E-state index in [-0.39, 0.29) is 0 Å². The first-order chi connectivity index (χ1) is 8.33. The summed E-state index contributed by atoms with van der Waals surface area (Å²) in [5.74, 6) is 1.24. The zero-order chi connectivity index (χ0) is 12.1. The summed E-state index contributed by atoms with van der Waals surface area (Å²) in [4.78, 5) is 4.08. The van der Waals surface area contributed by atoms with E-state index in [1.54, 1.807) is 18.3 Å². The summed E-state index contributed by atoms with van der Waals surface area (Å²) in [7, 11) is 0. The van der Waals surface area contributed by atoms with Gasteiger partial charge >= 0.3 is 0 Å². The Morgan fingerprint density at radius 2 is 2.12 bits per heavy atom. The highest BCUT2D eigenvalue weighted by Gasteiger charge is 2.03. The van der Waals surface area contributed by atoms with Crippen LogP contribution >= 0.6 is 0 Å². The highest BCUT2D eigenvalue weighted by Crippen LogP contribution is 2.24. The number of hydrogen-bond donors (Lipinski definition) is 0. The largest absolute Gasteiger partial charge is 0.439 e. The molecule has 0 aliphatic carbocycles. The monoisotopic (exact) mass is 224 g/mol. The molecular formula is C14H12N2O. The van der Waals surface area contributed by atoms with Gasteiger partial charge in [0.1, 0.15) is 5.75 Å². The molecule has 17 heavy (non-hydrogen) atoms. The highest BCUT2D eigenvalue weighted by atomic mass is 16.5. The van der Waals surface area contributed by atoms with Crippen molar-refractivity contribution in [1.29, 1.82) is 5.26 Å². The minimum absolute atomic E-state index is 0.449. The molecule has 0 fully saturated rings. The third-order valence-corrected chi connectivity index (χ3v) is 2.43. The summed E-state index contributed by atoms with van der Waals surface area (Å²) in [6.45, 7) is 2.07. The molecule has 0 bridgehead atoms. The predicted octanol–water partition coefficient (Wildman–Crippen LogP) is 3.31. The Kier molecular flexibility index (Phi) is 3.37. The van der Waals surface area contributed by atoms with Crippen molar-refractivity contribution in [2.45, 2.75) is 13.3 Å². The van der Waals surface area contributed by atoms with E-state index in [1.165, 1.54) is 0 Å². The van der Waals surface area contributed by atoms with E-state index in [2.05, 4.69) is 18.0 Å². The lowest BCUT2D eigenvalue weighted by molar-refractivity contribution is 0.457. The van der Waals surface area contributed by atoms with Gasteiger partial charge in [0.05, 0.1) is 11.6 Å². The molecular weight excluding hydrogens is 212 g/mol. The van der Waals surface area contributed by atoms with Crippen LogP contribution in [0.1, 0.15) is 18.1 Å². The van der Waals surface area contributed by atoms with Crippen molar-refractivity contribution < 1.29 is 4.74 Å². The minimum Gasteiger partial charge on any atom is -0.439 e. The van der Waals surface area contributed by atoms with Crippen LogP contribution in [-0.4, -0.2) is 4.98 Å². The van der Waals surface area contributed by atoms with Crippen LogP contribution in [0.5, 0.6) is 11.6 Å². The Labute approximate surface area is 100 Å². The quantitative estimate of drug-likeness (QED) is 0.803. The van der Waals surface area contributed by atoms with Gasteiger partial charge in [-0.15, -0.1) is 0 Å². The molecule has 0 amide bonds. The number of rotatable bonds is 3. The fraction of sp³-hybridized carbons (Fsp3) is 0.143. The van der Waals surface area contributed by atoms with E-state index in [9.17, 15) is 0 Å². The molecule has 3 nitrogen and oxygen atoms in total. The summed E-state index contributed by atoms with van der Waals surface area (Å²) in [5, 5.41) is 8.80. The first-order valence-electron chi connectivity index (χ1n) is 5.45. The number of hydrogen-bond acceptors (Lipinski definition) is 3. The van der Waals surface area contributed by atoms with Crippen LogP contribution in [0, 0.1) is 11.3 Å². The van der Waals surface area contributed by atoms with Gasteiger partial charge in [0, 0.05) is 12.3 Å². The molecule has 0 spiro atoms. The number of nitrogens with zero attached hydrogens (tertiary/aromatic N) is 2. The van der Waals surface area contributed by atoms with Crippen LogP contribution in [0.3, 0.4) is 0 Å². The van der Waals surface area contributed by atoms with Crippen molar-refractivity contribution in [3.05, 3.63) is 53.7 Å². The molecule has 0 aliphatic rings. The third kappa shape index (κ3) is 2.61. The zero-order valence-corrected chi connectivity index (χ0v) is 9.55. The van der Waals surface area contributed by atoms with Gasteiger partial charge in [0.25, 0.3) is 0 Å². The number of benzene rings is 1. The van der Waals surface area contributed by atoms with Crippen molar-refractivity contribution in [1.82, 2.24) is 4.98 Å². The van der Waals surface area contributed by atoms with Crippen molar-refractivity contribution >= 4 is 0 Å². The highest BCUT2D eigenvalue weighted by molar-refractivity contribution is 5.38. The number of para-hydroxylation sites is 1. The fourth-order valence-corrected chi connectivity index (χ4v) is 1.54. The Bertz CT molecular complexity index is 558. The second-order valence-electron chi connectivity index (χ2n) is 3.56. The normalized spacial score (nSPS) is 9.65. The molecule has 0 radical (unpaired) electrons. The molecule has 2 aromatic rings. The SMILES string of the molecule is CCc1ccccc1Oc1cc(C#N)ccn1. The number of nitriles is 1. The van der Waals surface area contributed by atoms with Gasteiger partial charge in [-0.25, -0.2) is 4.98 Å². The van der Waals surface area contributed by atoms with Crippen LogP contribution in [0.25, 0.3) is 0 Å². The van der Waals surface area contributed by atoms with Gasteiger partial charge in [-0.3, -0.25) is 0 Å². The summed E-state index contributed by atoms with van der Waals surface area (Å²) in [6.07, 6.45) is 2.47. The van der Waals surface area contributed by atoms with Crippen molar-refractivity contribution in [2.24, 2.45) is 0 Å². The average molecular weight is 224 g/mol. The lowest BCUT2D eigenvalue weighted by Crippen LogP contribution is -1.92. The van der Waals surface area contributed by atoms with Crippen molar-refractivity contribution in [3.8, 4) is 17.7 Å². The summed E-state index contributed by atoms with van der Waals surface area (Å²) in [5.41, 5.74) is 1.67. The zero-order valence-electron chi connectivity index (χ0n) is 9.55. The van der Waals surface area contributed by atoms with Crippen LogP contribution in [0.2, 0.25) is 0 Å². The van der Waals surface area contributed by atoms with E-state index < -0.39 is 0 Å². The van der Waals surface area contributed by atoms with Gasteiger partial charge in [-0.1, -0.05) is 25.1 Å². The number of pyridine rings is 1. The third-order valence-electron chi connectivity index (χ3n) is 2.43. The molecule has 0 unspecified atom stereocenters. The molecule has 1 aromatic heterocycles. The second kappa shape index (κ2) is 5.13. The Morgan fingerprint density at radius 1 is 1.29 bits per heavy atom. The maximum absolute atomic E-state index is 8.80. The molecule has 0 saturated heterocycles. The molecule has 2 rings (SSSR count). The molecule has 0 aliphatic heterocycles. The topological polar surface area (TPSA) is 45.9 Å². The minimum atomic E-state index is 0.449. The first kappa shape index (κ1) is 11.2. The second-order valence-corrected chi connectivity index (χ2v) is 3.56. The Hall–Kier alpha value is -2.34. The number of aromatic nitrogens is 1. The molecule has 0 N–H and O–H groups in total. The van der Waals surface area contributed by atoms with E-state index in [4.69, 9.17) is 10.00 Å². The molecule has 1 heterocycles.